The molecule has 25 heavy (non-hydrogen) atoms. The van der Waals surface area contributed by atoms with Crippen LogP contribution in [0.1, 0.15) is 27.0 Å². The summed E-state index contributed by atoms with van der Waals surface area (Å²) in [5.41, 5.74) is 3.98. The van der Waals surface area contributed by atoms with Gasteiger partial charge in [0.15, 0.2) is 0 Å². The highest BCUT2D eigenvalue weighted by Crippen LogP contribution is 2.15. The zero-order valence-corrected chi connectivity index (χ0v) is 14.2. The van der Waals surface area contributed by atoms with Crippen LogP contribution >= 0.6 is 0 Å². The largest absolute Gasteiger partial charge is 0.489 e. The minimum Gasteiger partial charge on any atom is -0.489 e. The second kappa shape index (κ2) is 8.15. The zero-order valence-electron chi connectivity index (χ0n) is 14.2. The highest BCUT2D eigenvalue weighted by atomic mass is 16.5. The first kappa shape index (κ1) is 16.8. The van der Waals surface area contributed by atoms with E-state index < -0.39 is 0 Å². The number of nitrogens with one attached hydrogen (secondary N) is 1. The molecule has 3 aromatic rings. The number of hydrogen-bond donors (Lipinski definition) is 1. The van der Waals surface area contributed by atoms with Crippen LogP contribution in [0.3, 0.4) is 0 Å². The Morgan fingerprint density at radius 3 is 2.40 bits per heavy atom. The van der Waals surface area contributed by atoms with Gasteiger partial charge in [-0.15, -0.1) is 0 Å². The van der Waals surface area contributed by atoms with Crippen molar-refractivity contribution in [1.29, 1.82) is 0 Å². The van der Waals surface area contributed by atoms with E-state index in [1.165, 1.54) is 5.56 Å². The third kappa shape index (κ3) is 4.95. The Balaban J connectivity index is 1.58. The molecule has 0 fully saturated rings. The van der Waals surface area contributed by atoms with Gasteiger partial charge in [0.05, 0.1) is 0 Å². The van der Waals surface area contributed by atoms with Crippen molar-refractivity contribution in [3.8, 4) is 5.75 Å². The monoisotopic (exact) mass is 331 g/mol. The number of aryl methyl sites for hydroxylation is 1. The molecule has 0 aliphatic carbocycles. The van der Waals surface area contributed by atoms with Crippen LogP contribution in [0.2, 0.25) is 0 Å². The number of hydrogen-bond acceptors (Lipinski definition) is 2. The van der Waals surface area contributed by atoms with Gasteiger partial charge >= 0.3 is 0 Å². The fourth-order valence-electron chi connectivity index (χ4n) is 2.46. The summed E-state index contributed by atoms with van der Waals surface area (Å²) in [6.45, 7) is 3.03. The van der Waals surface area contributed by atoms with Crippen LogP contribution in [0.15, 0.2) is 78.9 Å². The van der Waals surface area contributed by atoms with Crippen molar-refractivity contribution in [3.05, 3.63) is 101 Å². The molecule has 0 saturated heterocycles. The molecule has 3 nitrogen and oxygen atoms in total. The number of rotatable bonds is 6. The summed E-state index contributed by atoms with van der Waals surface area (Å²) in [6, 6.07) is 25.3. The topological polar surface area (TPSA) is 38.3 Å². The maximum atomic E-state index is 12.3. The molecule has 0 aromatic heterocycles. The Kier molecular flexibility index (Phi) is 5.47. The summed E-state index contributed by atoms with van der Waals surface area (Å²) < 4.78 is 5.78. The minimum atomic E-state index is -0.106. The van der Waals surface area contributed by atoms with E-state index in [1.54, 1.807) is 12.1 Å². The van der Waals surface area contributed by atoms with Gasteiger partial charge in [0.25, 0.3) is 5.91 Å². The normalized spacial score (nSPS) is 10.3. The van der Waals surface area contributed by atoms with E-state index in [2.05, 4.69) is 5.32 Å². The molecule has 0 saturated carbocycles. The average Bonchev–Trinajstić information content (AvgIpc) is 2.67. The van der Waals surface area contributed by atoms with Gasteiger partial charge in [0.1, 0.15) is 12.4 Å². The Hall–Kier alpha value is -3.07. The van der Waals surface area contributed by atoms with Crippen molar-refractivity contribution in [2.24, 2.45) is 0 Å². The second-order valence-corrected chi connectivity index (χ2v) is 5.97. The molecular weight excluding hydrogens is 310 g/mol. The van der Waals surface area contributed by atoms with E-state index in [0.717, 1.165) is 11.1 Å². The van der Waals surface area contributed by atoms with Crippen molar-refractivity contribution in [1.82, 2.24) is 5.32 Å². The van der Waals surface area contributed by atoms with Crippen LogP contribution < -0.4 is 10.1 Å². The molecule has 0 aliphatic rings. The summed E-state index contributed by atoms with van der Waals surface area (Å²) in [6.07, 6.45) is 0. The molecule has 3 heteroatoms. The first-order chi connectivity index (χ1) is 12.2. The fraction of sp³-hybridized carbons (Fsp3) is 0.136. The van der Waals surface area contributed by atoms with E-state index in [0.29, 0.717) is 24.5 Å². The average molecular weight is 331 g/mol. The van der Waals surface area contributed by atoms with Crippen LogP contribution in [0.25, 0.3) is 0 Å². The highest BCUT2D eigenvalue weighted by Gasteiger charge is 2.07. The lowest BCUT2D eigenvalue weighted by molar-refractivity contribution is 0.0950. The summed E-state index contributed by atoms with van der Waals surface area (Å²) >= 11 is 0. The zero-order chi connectivity index (χ0) is 17.5. The van der Waals surface area contributed by atoms with Crippen molar-refractivity contribution >= 4 is 5.91 Å². The summed E-state index contributed by atoms with van der Waals surface area (Å²) in [5, 5.41) is 2.94. The molecule has 3 aromatic carbocycles. The first-order valence-electron chi connectivity index (χ1n) is 8.31. The molecule has 0 atom stereocenters. The molecule has 0 unspecified atom stereocenters. The third-order valence-corrected chi connectivity index (χ3v) is 3.92. The third-order valence-electron chi connectivity index (χ3n) is 3.92. The van der Waals surface area contributed by atoms with Gasteiger partial charge in [0.2, 0.25) is 0 Å². The highest BCUT2D eigenvalue weighted by molar-refractivity contribution is 5.94. The predicted molar refractivity (Wildman–Crippen MR) is 99.6 cm³/mol. The minimum absolute atomic E-state index is 0.106. The van der Waals surface area contributed by atoms with Crippen molar-refractivity contribution in [2.75, 3.05) is 0 Å². The van der Waals surface area contributed by atoms with Gasteiger partial charge < -0.3 is 10.1 Å². The lowest BCUT2D eigenvalue weighted by Crippen LogP contribution is -2.22. The summed E-state index contributed by atoms with van der Waals surface area (Å²) in [4.78, 5) is 12.3. The molecule has 0 bridgehead atoms. The van der Waals surface area contributed by atoms with Gasteiger partial charge in [-0.1, -0.05) is 66.2 Å². The smallest absolute Gasteiger partial charge is 0.251 e. The maximum Gasteiger partial charge on any atom is 0.251 e. The van der Waals surface area contributed by atoms with Crippen LogP contribution in [0, 0.1) is 6.92 Å². The molecule has 1 N–H and O–H groups in total. The number of carbonyl (C=O) groups excluding carboxylic acids is 1. The Bertz CT molecular complexity index is 826. The molecule has 0 spiro atoms. The molecule has 3 rings (SSSR count). The fourth-order valence-corrected chi connectivity index (χ4v) is 2.46. The van der Waals surface area contributed by atoms with E-state index >= 15 is 0 Å². The van der Waals surface area contributed by atoms with E-state index in [-0.39, 0.29) is 5.91 Å². The molecule has 0 heterocycles. The van der Waals surface area contributed by atoms with Crippen LogP contribution in [0.5, 0.6) is 5.75 Å². The van der Waals surface area contributed by atoms with Crippen LogP contribution in [0.4, 0.5) is 0 Å². The van der Waals surface area contributed by atoms with Gasteiger partial charge in [-0.25, -0.2) is 0 Å². The lowest BCUT2D eigenvalue weighted by atomic mass is 10.1. The van der Waals surface area contributed by atoms with Crippen molar-refractivity contribution < 1.29 is 9.53 Å². The van der Waals surface area contributed by atoms with Gasteiger partial charge in [0, 0.05) is 12.1 Å². The quantitative estimate of drug-likeness (QED) is 0.722. The number of carbonyl (C=O) groups is 1. The number of benzene rings is 3. The molecular formula is C22H21NO2. The van der Waals surface area contributed by atoms with Crippen molar-refractivity contribution in [3.63, 3.8) is 0 Å². The van der Waals surface area contributed by atoms with Gasteiger partial charge in [-0.3, -0.25) is 4.79 Å². The SMILES string of the molecule is Cc1ccc(CNC(=O)c2cccc(OCc3ccccc3)c2)cc1. The lowest BCUT2D eigenvalue weighted by Gasteiger charge is -2.09. The molecule has 0 radical (unpaired) electrons. The summed E-state index contributed by atoms with van der Waals surface area (Å²) in [5.74, 6) is 0.581. The van der Waals surface area contributed by atoms with E-state index in [4.69, 9.17) is 4.74 Å². The Morgan fingerprint density at radius 1 is 0.880 bits per heavy atom. The predicted octanol–water partition coefficient (Wildman–Crippen LogP) is 4.50. The van der Waals surface area contributed by atoms with Crippen molar-refractivity contribution in [2.45, 2.75) is 20.1 Å². The molecule has 126 valence electrons. The Morgan fingerprint density at radius 2 is 1.64 bits per heavy atom. The molecule has 1 amide bonds. The van der Waals surface area contributed by atoms with E-state index in [1.807, 2.05) is 73.7 Å². The molecule has 0 aliphatic heterocycles. The van der Waals surface area contributed by atoms with Crippen LogP contribution in [-0.2, 0) is 13.2 Å². The van der Waals surface area contributed by atoms with E-state index in [9.17, 15) is 4.79 Å². The number of amides is 1. The standard InChI is InChI=1S/C22H21NO2/c1-17-10-12-18(13-11-17)15-23-22(24)20-8-5-9-21(14-20)25-16-19-6-3-2-4-7-19/h2-14H,15-16H2,1H3,(H,23,24). The summed E-state index contributed by atoms with van der Waals surface area (Å²) in [7, 11) is 0. The first-order valence-corrected chi connectivity index (χ1v) is 8.31. The number of ether oxygens (including phenoxy) is 1. The maximum absolute atomic E-state index is 12.3. The Labute approximate surface area is 148 Å². The van der Waals surface area contributed by atoms with Crippen LogP contribution in [-0.4, -0.2) is 5.91 Å². The van der Waals surface area contributed by atoms with Gasteiger partial charge in [-0.05, 0) is 36.2 Å². The second-order valence-electron chi connectivity index (χ2n) is 5.97. The van der Waals surface area contributed by atoms with Gasteiger partial charge in [-0.2, -0.15) is 0 Å².